The monoisotopic (exact) mass is 578 g/mol. The Morgan fingerprint density at radius 2 is 1.67 bits per heavy atom. The van der Waals surface area contributed by atoms with Crippen LogP contribution in [-0.2, 0) is 31.6 Å². The number of phosphoric acid groups is 3. The van der Waals surface area contributed by atoms with Gasteiger partial charge in [-0.3, -0.25) is 9.09 Å². The normalized spacial score (nSPS) is 23.8. The predicted molar refractivity (Wildman–Crippen MR) is 123 cm³/mol. The van der Waals surface area contributed by atoms with E-state index >= 15 is 0 Å². The fourth-order valence-electron chi connectivity index (χ4n) is 3.11. The van der Waals surface area contributed by atoms with Crippen LogP contribution in [0, 0.1) is 0 Å². The summed E-state index contributed by atoms with van der Waals surface area (Å²) in [7, 11) is -16.6. The summed E-state index contributed by atoms with van der Waals surface area (Å²) in [4.78, 5) is 49.8. The van der Waals surface area contributed by atoms with Crippen molar-refractivity contribution >= 4 is 40.4 Å². The summed E-state index contributed by atoms with van der Waals surface area (Å²) in [6.45, 7) is 9.65. The van der Waals surface area contributed by atoms with E-state index in [4.69, 9.17) is 25.2 Å². The third-order valence-corrected chi connectivity index (χ3v) is 8.66. The van der Waals surface area contributed by atoms with Gasteiger partial charge in [0, 0.05) is 0 Å². The Morgan fingerprint density at radius 1 is 1.06 bits per heavy atom. The van der Waals surface area contributed by atoms with Crippen molar-refractivity contribution in [2.24, 2.45) is 0 Å². The number of aliphatic hydroxyl groups excluding tert-OH is 1. The van der Waals surface area contributed by atoms with Gasteiger partial charge in [-0.15, -0.1) is 0 Å². The van der Waals surface area contributed by atoms with Gasteiger partial charge >= 0.3 is 23.5 Å². The molecule has 3 heterocycles. The number of aromatic nitrogens is 4. The molecule has 5 atom stereocenters. The van der Waals surface area contributed by atoms with Crippen LogP contribution in [0.4, 0.5) is 5.82 Å². The minimum atomic E-state index is -5.68. The number of fused-ring (bicyclic) bond motifs is 1. The number of hydrogen-bond donors (Lipinski definition) is 6. The first-order valence-corrected chi connectivity index (χ1v) is 14.9. The first-order chi connectivity index (χ1) is 16.6. The SMILES string of the molecule is CCN(CC)CC.Nc1ncnc2c1ncn2[C@@H]1OC[C@H](OP(=O)(O)OP(=O)(O)OP(=O)(O)O)[C@H]1O. The van der Waals surface area contributed by atoms with Gasteiger partial charge in [-0.2, -0.15) is 8.62 Å². The van der Waals surface area contributed by atoms with E-state index < -0.39 is 48.5 Å². The molecule has 7 N–H and O–H groups in total. The summed E-state index contributed by atoms with van der Waals surface area (Å²) in [6, 6.07) is 0. The van der Waals surface area contributed by atoms with Crippen LogP contribution in [0.2, 0.25) is 0 Å². The highest BCUT2D eigenvalue weighted by Crippen LogP contribution is 2.66. The number of nitrogen functional groups attached to an aromatic ring is 1. The maximum Gasteiger partial charge on any atom is 0.490 e. The average molecular weight is 578 g/mol. The number of aliphatic hydroxyl groups is 1. The van der Waals surface area contributed by atoms with Gasteiger partial charge in [0.15, 0.2) is 17.7 Å². The largest absolute Gasteiger partial charge is 0.490 e. The topological polar surface area (TPSA) is 262 Å². The molecule has 1 aliphatic rings. The fraction of sp³-hybridized carbons (Fsp3) is 0.667. The Kier molecular flexibility index (Phi) is 10.7. The summed E-state index contributed by atoms with van der Waals surface area (Å²) >= 11 is 0. The lowest BCUT2D eigenvalue weighted by molar-refractivity contribution is -0.0161. The molecule has 2 unspecified atom stereocenters. The zero-order chi connectivity index (χ0) is 27.3. The van der Waals surface area contributed by atoms with Gasteiger partial charge in [0.2, 0.25) is 0 Å². The average Bonchev–Trinajstić information content (AvgIpc) is 3.31. The minimum Gasteiger partial charge on any atom is -0.386 e. The molecular formula is C15H29N6O12P3. The zero-order valence-corrected chi connectivity index (χ0v) is 22.1. The standard InChI is InChI=1S/C9H14N5O12P3.C6H15N/c10-7-5-8(12-2-11-7)14(3-13-5)9-6(15)4(1-23-9)24-28(19,20)26-29(21,22)25-27(16,17)18;1-4-7(5-2)6-3/h2-4,6,9,15H,1H2,(H,19,20)(H,21,22)(H2,10,11,12)(H2,16,17,18);4-6H2,1-3H3/t4-,6+,9+;/m0./s1. The van der Waals surface area contributed by atoms with Gasteiger partial charge in [0.05, 0.1) is 12.9 Å². The highest BCUT2D eigenvalue weighted by atomic mass is 31.3. The van der Waals surface area contributed by atoms with Crippen LogP contribution < -0.4 is 5.73 Å². The first-order valence-electron chi connectivity index (χ1n) is 10.4. The van der Waals surface area contributed by atoms with Crippen LogP contribution in [0.3, 0.4) is 0 Å². The van der Waals surface area contributed by atoms with Crippen LogP contribution in [0.5, 0.6) is 0 Å². The van der Waals surface area contributed by atoms with Crippen LogP contribution in [-0.4, -0.2) is 87.5 Å². The van der Waals surface area contributed by atoms with E-state index in [0.717, 1.165) is 6.33 Å². The summed E-state index contributed by atoms with van der Waals surface area (Å²) in [5, 5.41) is 10.3. The fourth-order valence-corrected chi connectivity index (χ4v) is 6.30. The van der Waals surface area contributed by atoms with Crippen LogP contribution in [0.1, 0.15) is 27.0 Å². The molecule has 0 radical (unpaired) electrons. The quantitative estimate of drug-likeness (QED) is 0.208. The van der Waals surface area contributed by atoms with E-state index in [-0.39, 0.29) is 17.0 Å². The molecule has 2 aromatic rings. The highest BCUT2D eigenvalue weighted by molar-refractivity contribution is 7.66. The second-order valence-electron chi connectivity index (χ2n) is 7.15. The Hall–Kier alpha value is -1.36. The van der Waals surface area contributed by atoms with Gasteiger partial charge in [-0.05, 0) is 19.6 Å². The van der Waals surface area contributed by atoms with Crippen molar-refractivity contribution in [3.63, 3.8) is 0 Å². The summed E-state index contributed by atoms with van der Waals surface area (Å²) in [5.74, 6) is 0.0612. The third kappa shape index (κ3) is 8.60. The van der Waals surface area contributed by atoms with E-state index in [0.29, 0.717) is 0 Å². The molecule has 0 spiro atoms. The lowest BCUT2D eigenvalue weighted by Gasteiger charge is -2.21. The van der Waals surface area contributed by atoms with Crippen molar-refractivity contribution < 1.29 is 56.3 Å². The van der Waals surface area contributed by atoms with E-state index in [1.54, 1.807) is 0 Å². The highest BCUT2D eigenvalue weighted by Gasteiger charge is 2.46. The number of nitrogens with zero attached hydrogens (tertiary/aromatic N) is 5. The predicted octanol–water partition coefficient (Wildman–Crippen LogP) is 0.358. The molecule has 0 bridgehead atoms. The molecule has 21 heteroatoms. The van der Waals surface area contributed by atoms with Crippen molar-refractivity contribution in [3.8, 4) is 0 Å². The molecule has 1 aliphatic heterocycles. The molecule has 36 heavy (non-hydrogen) atoms. The van der Waals surface area contributed by atoms with Crippen LogP contribution in [0.25, 0.3) is 11.2 Å². The zero-order valence-electron chi connectivity index (χ0n) is 19.5. The second-order valence-corrected chi connectivity index (χ2v) is 11.5. The van der Waals surface area contributed by atoms with Crippen LogP contribution >= 0.6 is 23.5 Å². The van der Waals surface area contributed by atoms with Gasteiger partial charge in [0.1, 0.15) is 24.1 Å². The second kappa shape index (κ2) is 12.5. The molecular weight excluding hydrogens is 549 g/mol. The number of ether oxygens (including phenoxy) is 1. The summed E-state index contributed by atoms with van der Waals surface area (Å²) in [6.07, 6.45) is -2.01. The van der Waals surface area contributed by atoms with E-state index in [2.05, 4.69) is 53.8 Å². The smallest absolute Gasteiger partial charge is 0.386 e. The summed E-state index contributed by atoms with van der Waals surface area (Å²) < 4.78 is 52.2. The van der Waals surface area contributed by atoms with Crippen LogP contribution in [0.15, 0.2) is 12.7 Å². The maximum absolute atomic E-state index is 11.9. The van der Waals surface area contributed by atoms with E-state index in [1.807, 2.05) is 0 Å². The lowest BCUT2D eigenvalue weighted by atomic mass is 10.2. The number of anilines is 1. The third-order valence-electron chi connectivity index (χ3n) is 4.79. The Morgan fingerprint density at radius 3 is 2.19 bits per heavy atom. The van der Waals surface area contributed by atoms with Gasteiger partial charge in [0.25, 0.3) is 0 Å². The molecule has 0 amide bonds. The molecule has 206 valence electrons. The van der Waals surface area contributed by atoms with Crippen molar-refractivity contribution in [1.29, 1.82) is 0 Å². The molecule has 0 aromatic carbocycles. The number of phosphoric ester groups is 1. The molecule has 1 saturated heterocycles. The Labute approximate surface area is 205 Å². The first kappa shape index (κ1) is 30.9. The Bertz CT molecular complexity index is 1150. The number of imidazole rings is 1. The maximum atomic E-state index is 11.9. The van der Waals surface area contributed by atoms with Crippen molar-refractivity contribution in [2.45, 2.75) is 39.2 Å². The number of nitrogens with two attached hydrogens (primary N) is 1. The van der Waals surface area contributed by atoms with Crippen molar-refractivity contribution in [1.82, 2.24) is 24.4 Å². The number of rotatable bonds is 10. The summed E-state index contributed by atoms with van der Waals surface area (Å²) in [5.41, 5.74) is 6.05. The van der Waals surface area contributed by atoms with Gasteiger partial charge in [-0.1, -0.05) is 20.8 Å². The van der Waals surface area contributed by atoms with E-state index in [9.17, 15) is 23.7 Å². The number of hydrogen-bond acceptors (Lipinski definition) is 13. The van der Waals surface area contributed by atoms with Crippen molar-refractivity contribution in [2.75, 3.05) is 32.0 Å². The molecule has 0 aliphatic carbocycles. The minimum absolute atomic E-state index is 0.0612. The van der Waals surface area contributed by atoms with Crippen molar-refractivity contribution in [3.05, 3.63) is 12.7 Å². The van der Waals surface area contributed by atoms with E-state index in [1.165, 1.54) is 30.5 Å². The Balaban J connectivity index is 0.000000572. The van der Waals surface area contributed by atoms with Gasteiger partial charge < -0.3 is 40.1 Å². The molecule has 1 fully saturated rings. The molecule has 0 saturated carbocycles. The molecule has 2 aromatic heterocycles. The van der Waals surface area contributed by atoms with Gasteiger partial charge in [-0.25, -0.2) is 28.6 Å². The lowest BCUT2D eigenvalue weighted by Crippen LogP contribution is -2.30. The molecule has 3 rings (SSSR count). The molecule has 18 nitrogen and oxygen atoms in total.